The minimum Gasteiger partial charge on any atom is -0.356 e. The Kier molecular flexibility index (Phi) is 7.66. The molecule has 0 unspecified atom stereocenters. The van der Waals surface area contributed by atoms with E-state index >= 15 is 0 Å². The molecule has 3 heterocycles. The maximum atomic E-state index is 12.7. The number of piperazine rings is 1. The van der Waals surface area contributed by atoms with E-state index in [0.717, 1.165) is 29.6 Å². The second-order valence-corrected chi connectivity index (χ2v) is 7.10. The summed E-state index contributed by atoms with van der Waals surface area (Å²) in [5, 5.41) is 12.1. The largest absolute Gasteiger partial charge is 0.356 e. The van der Waals surface area contributed by atoms with Gasteiger partial charge in [0, 0.05) is 39.1 Å². The lowest BCUT2D eigenvalue weighted by Crippen LogP contribution is -2.55. The van der Waals surface area contributed by atoms with E-state index in [2.05, 4.69) is 15.5 Å². The van der Waals surface area contributed by atoms with Crippen molar-refractivity contribution in [3.05, 3.63) is 60.7 Å². The van der Waals surface area contributed by atoms with Gasteiger partial charge in [-0.3, -0.25) is 9.48 Å². The number of hydrogen-bond acceptors (Lipinski definition) is 4. The Hall–Kier alpha value is -2.89. The number of hydrogen-bond donors (Lipinski definition) is 1. The average Bonchev–Trinajstić information content (AvgIpc) is 3.41. The van der Waals surface area contributed by atoms with Crippen LogP contribution < -0.4 is 10.2 Å². The minimum atomic E-state index is 0. The van der Waals surface area contributed by atoms with Crippen molar-refractivity contribution < 1.29 is 4.79 Å². The third-order valence-corrected chi connectivity index (χ3v) is 4.91. The lowest BCUT2D eigenvalue weighted by molar-refractivity contribution is -0.120. The smallest absolute Gasteiger partial charge is 0.246 e. The molecule has 1 aliphatic rings. The quantitative estimate of drug-likeness (QED) is 0.308. The van der Waals surface area contributed by atoms with Crippen molar-refractivity contribution in [2.24, 2.45) is 12.0 Å². The third-order valence-electron chi connectivity index (χ3n) is 4.91. The molecule has 0 radical (unpaired) electrons. The molecular weight excluding hydrogens is 507 g/mol. The topological polar surface area (TPSA) is 83.6 Å². The van der Waals surface area contributed by atoms with Gasteiger partial charge in [0.25, 0.3) is 0 Å². The number of anilines is 1. The lowest BCUT2D eigenvalue weighted by atomic mass is 10.3. The summed E-state index contributed by atoms with van der Waals surface area (Å²) in [7, 11) is 1.85. The number of para-hydroxylation sites is 1. The standard InChI is InChI=1S/C21H26N8O.HI/c1-3-22-21(23-13-17-9-10-29(25-17)18-7-5-4-6-8-18)27-11-12-28(20(30)16-27)19-14-24-26(2)15-19;/h4-10,14-15H,3,11-13,16H2,1-2H3,(H,22,23);1H. The van der Waals surface area contributed by atoms with Crippen LogP contribution in [-0.4, -0.2) is 62.5 Å². The second kappa shape index (κ2) is 10.4. The van der Waals surface area contributed by atoms with Gasteiger partial charge in [-0.1, -0.05) is 18.2 Å². The maximum absolute atomic E-state index is 12.7. The zero-order valence-electron chi connectivity index (χ0n) is 17.7. The number of halogens is 1. The molecule has 1 N–H and O–H groups in total. The summed E-state index contributed by atoms with van der Waals surface area (Å²) < 4.78 is 3.54. The van der Waals surface area contributed by atoms with Crippen LogP contribution in [0.15, 0.2) is 60.0 Å². The van der Waals surface area contributed by atoms with Crippen LogP contribution in [0.1, 0.15) is 12.6 Å². The summed E-state index contributed by atoms with van der Waals surface area (Å²) in [4.78, 5) is 21.2. The summed E-state index contributed by atoms with van der Waals surface area (Å²) >= 11 is 0. The van der Waals surface area contributed by atoms with Gasteiger partial charge in [0.2, 0.25) is 5.91 Å². The van der Waals surface area contributed by atoms with Gasteiger partial charge in [0.05, 0.1) is 29.8 Å². The summed E-state index contributed by atoms with van der Waals surface area (Å²) in [5.74, 6) is 0.763. The van der Waals surface area contributed by atoms with Gasteiger partial charge in [0.1, 0.15) is 6.54 Å². The van der Waals surface area contributed by atoms with Gasteiger partial charge in [-0.25, -0.2) is 9.67 Å². The van der Waals surface area contributed by atoms with Crippen LogP contribution in [0, 0.1) is 0 Å². The normalized spacial score (nSPS) is 14.5. The Morgan fingerprint density at radius 2 is 1.97 bits per heavy atom. The highest BCUT2D eigenvalue weighted by atomic mass is 127. The number of nitrogens with one attached hydrogen (secondary N) is 1. The summed E-state index contributed by atoms with van der Waals surface area (Å²) in [6.45, 7) is 4.77. The Balaban J connectivity index is 0.00000272. The van der Waals surface area contributed by atoms with E-state index in [1.54, 1.807) is 15.8 Å². The molecule has 0 atom stereocenters. The molecule has 0 bridgehead atoms. The zero-order valence-corrected chi connectivity index (χ0v) is 20.0. The van der Waals surface area contributed by atoms with Crippen molar-refractivity contribution in [1.82, 2.24) is 29.8 Å². The predicted molar refractivity (Wildman–Crippen MR) is 131 cm³/mol. The van der Waals surface area contributed by atoms with E-state index < -0.39 is 0 Å². The first-order chi connectivity index (χ1) is 14.6. The fourth-order valence-corrected chi connectivity index (χ4v) is 3.43. The number of nitrogens with zero attached hydrogens (tertiary/aromatic N) is 7. The Labute approximate surface area is 198 Å². The molecular formula is C21H27IN8O. The highest BCUT2D eigenvalue weighted by Crippen LogP contribution is 2.16. The molecule has 1 aromatic carbocycles. The number of benzene rings is 1. The van der Waals surface area contributed by atoms with Crippen LogP contribution >= 0.6 is 24.0 Å². The number of carbonyl (C=O) groups excluding carboxylic acids is 1. The van der Waals surface area contributed by atoms with E-state index in [9.17, 15) is 4.79 Å². The number of aryl methyl sites for hydroxylation is 1. The third kappa shape index (κ3) is 5.43. The SMILES string of the molecule is CCNC(=NCc1ccn(-c2ccccc2)n1)N1CCN(c2cnn(C)c2)C(=O)C1.I. The summed E-state index contributed by atoms with van der Waals surface area (Å²) in [5.41, 5.74) is 2.71. The molecule has 31 heavy (non-hydrogen) atoms. The number of aromatic nitrogens is 4. The van der Waals surface area contributed by atoms with E-state index in [1.165, 1.54) is 0 Å². The molecule has 4 rings (SSSR count). The zero-order chi connectivity index (χ0) is 20.9. The van der Waals surface area contributed by atoms with Crippen molar-refractivity contribution in [3.63, 3.8) is 0 Å². The van der Waals surface area contributed by atoms with Crippen LogP contribution in [0.3, 0.4) is 0 Å². The van der Waals surface area contributed by atoms with Crippen molar-refractivity contribution in [1.29, 1.82) is 0 Å². The van der Waals surface area contributed by atoms with Crippen LogP contribution in [0.25, 0.3) is 5.69 Å². The van der Waals surface area contributed by atoms with E-state index in [1.807, 2.05) is 72.3 Å². The molecule has 1 fully saturated rings. The molecule has 10 heteroatoms. The fourth-order valence-electron chi connectivity index (χ4n) is 3.43. The van der Waals surface area contributed by atoms with Gasteiger partial charge < -0.3 is 15.1 Å². The van der Waals surface area contributed by atoms with E-state index in [4.69, 9.17) is 4.99 Å². The van der Waals surface area contributed by atoms with Crippen molar-refractivity contribution in [2.75, 3.05) is 31.1 Å². The van der Waals surface area contributed by atoms with Crippen LogP contribution in [0.5, 0.6) is 0 Å². The summed E-state index contributed by atoms with van der Waals surface area (Å²) in [6, 6.07) is 11.9. The van der Waals surface area contributed by atoms with E-state index in [-0.39, 0.29) is 36.4 Å². The van der Waals surface area contributed by atoms with Gasteiger partial charge >= 0.3 is 0 Å². The lowest BCUT2D eigenvalue weighted by Gasteiger charge is -2.35. The van der Waals surface area contributed by atoms with Crippen LogP contribution in [0.4, 0.5) is 5.69 Å². The highest BCUT2D eigenvalue weighted by molar-refractivity contribution is 14.0. The first-order valence-electron chi connectivity index (χ1n) is 10.1. The van der Waals surface area contributed by atoms with E-state index in [0.29, 0.717) is 19.6 Å². The molecule has 0 aliphatic carbocycles. The maximum Gasteiger partial charge on any atom is 0.246 e. The first kappa shape index (κ1) is 22.8. The van der Waals surface area contributed by atoms with Crippen LogP contribution in [-0.2, 0) is 18.4 Å². The average molecular weight is 534 g/mol. The van der Waals surface area contributed by atoms with Gasteiger partial charge in [-0.05, 0) is 25.1 Å². The van der Waals surface area contributed by atoms with Crippen LogP contribution in [0.2, 0.25) is 0 Å². The fraction of sp³-hybridized carbons (Fsp3) is 0.333. The number of guanidine groups is 1. The molecule has 1 saturated heterocycles. The molecule has 164 valence electrons. The Morgan fingerprint density at radius 1 is 1.16 bits per heavy atom. The van der Waals surface area contributed by atoms with Crippen molar-refractivity contribution in [2.45, 2.75) is 13.5 Å². The molecule has 9 nitrogen and oxygen atoms in total. The number of amides is 1. The monoisotopic (exact) mass is 534 g/mol. The highest BCUT2D eigenvalue weighted by Gasteiger charge is 2.27. The van der Waals surface area contributed by atoms with Crippen molar-refractivity contribution >= 4 is 41.5 Å². The Morgan fingerprint density at radius 3 is 2.65 bits per heavy atom. The molecule has 2 aromatic heterocycles. The number of carbonyl (C=O) groups is 1. The van der Waals surface area contributed by atoms with Crippen molar-refractivity contribution in [3.8, 4) is 5.69 Å². The summed E-state index contributed by atoms with van der Waals surface area (Å²) in [6.07, 6.45) is 5.51. The minimum absolute atomic E-state index is 0. The Bertz CT molecular complexity index is 1030. The molecule has 1 amide bonds. The molecule has 0 saturated carbocycles. The van der Waals surface area contributed by atoms with Gasteiger partial charge in [-0.2, -0.15) is 10.2 Å². The second-order valence-electron chi connectivity index (χ2n) is 7.10. The number of rotatable bonds is 5. The van der Waals surface area contributed by atoms with Gasteiger partial charge in [-0.15, -0.1) is 24.0 Å². The molecule has 3 aromatic rings. The molecule has 0 spiro atoms. The predicted octanol–water partition coefficient (Wildman–Crippen LogP) is 2.04. The molecule has 1 aliphatic heterocycles. The first-order valence-corrected chi connectivity index (χ1v) is 10.1. The van der Waals surface area contributed by atoms with Gasteiger partial charge in [0.15, 0.2) is 5.96 Å². The number of aliphatic imine (C=N–C) groups is 1.